The molecule has 5 saturated heterocycles. The molecule has 5 aliphatic heterocycles. The second kappa shape index (κ2) is 12.7. The molecule has 8 bridgehead atoms. The molecule has 45 heavy (non-hydrogen) atoms. The van der Waals surface area contributed by atoms with E-state index >= 15 is 8.78 Å². The van der Waals surface area contributed by atoms with Crippen LogP contribution in [0, 0.1) is 47.3 Å². The molecule has 4 aliphatic carbocycles. The van der Waals surface area contributed by atoms with E-state index in [4.69, 9.17) is 0 Å². The Morgan fingerprint density at radius 1 is 0.289 bits per heavy atom. The summed E-state index contributed by atoms with van der Waals surface area (Å²) >= 11 is 0. The molecule has 9 fully saturated rings. The first-order chi connectivity index (χ1) is 21.5. The summed E-state index contributed by atoms with van der Waals surface area (Å²) in [5.74, 6) is 0.629. The van der Waals surface area contributed by atoms with Gasteiger partial charge in [0.25, 0.3) is 0 Å². The summed E-state index contributed by atoms with van der Waals surface area (Å²) in [7, 11) is 0. The van der Waals surface area contributed by atoms with Gasteiger partial charge >= 0.3 is 0 Å². The molecule has 0 radical (unpaired) electrons. The van der Waals surface area contributed by atoms with Crippen LogP contribution in [0.25, 0.3) is 0 Å². The first-order valence-corrected chi connectivity index (χ1v) is 18.1. The van der Waals surface area contributed by atoms with E-state index in [1.54, 1.807) is 0 Å². The molecule has 0 aromatic carbocycles. The van der Waals surface area contributed by atoms with Gasteiger partial charge in [0.1, 0.15) is 12.3 Å². The van der Waals surface area contributed by atoms with Gasteiger partial charge in [0.15, 0.2) is 12.3 Å². The zero-order valence-electron chi connectivity index (χ0n) is 26.3. The first-order valence-electron chi connectivity index (χ1n) is 18.1. The standard InChI is InChI=1S/C32H52F4N8.Zn/c33-21-19-20(22(34)24(36)23(21)35)32-43-30-18-12-6-4-10-16(18)28(41-30)39-26-14-8-2-1-7-13(14)25(37-26)38-27-15-9-3-5-11-17(15)29(40-27)42-31(19)44-32;/h13-32,37-44H,1-12H2;. The van der Waals surface area contributed by atoms with E-state index in [1.807, 2.05) is 0 Å². The summed E-state index contributed by atoms with van der Waals surface area (Å²) in [6, 6.07) is 0. The summed E-state index contributed by atoms with van der Waals surface area (Å²) in [6.07, 6.45) is 3.98. The average Bonchev–Trinajstić information content (AvgIpc) is 3.78. The molecular formula is C32H52F4N8Zn. The van der Waals surface area contributed by atoms with Crippen LogP contribution in [0.15, 0.2) is 0 Å². The quantitative estimate of drug-likeness (QED) is 0.145. The Morgan fingerprint density at radius 2 is 0.489 bits per heavy atom. The third-order valence-corrected chi connectivity index (χ3v) is 13.9. The van der Waals surface area contributed by atoms with E-state index in [-0.39, 0.29) is 56.5 Å². The number of fused-ring (bicyclic) bond motifs is 20. The fourth-order valence-electron chi connectivity index (χ4n) is 11.9. The predicted molar refractivity (Wildman–Crippen MR) is 158 cm³/mol. The van der Waals surface area contributed by atoms with E-state index in [0.29, 0.717) is 35.5 Å². The van der Waals surface area contributed by atoms with Crippen LogP contribution in [0.2, 0.25) is 0 Å². The molecule has 5 heterocycles. The molecule has 20 atom stereocenters. The summed E-state index contributed by atoms with van der Waals surface area (Å²) < 4.78 is 61.5. The van der Waals surface area contributed by atoms with Gasteiger partial charge in [0.05, 0.1) is 49.3 Å². The molecule has 9 rings (SSSR count). The largest absolute Gasteiger partial charge is 0.286 e. The molecule has 0 aromatic heterocycles. The second-order valence-electron chi connectivity index (χ2n) is 15.9. The summed E-state index contributed by atoms with van der Waals surface area (Å²) in [5, 5.41) is 30.6. The van der Waals surface area contributed by atoms with E-state index in [1.165, 1.54) is 38.5 Å². The predicted octanol–water partition coefficient (Wildman–Crippen LogP) is 2.40. The van der Waals surface area contributed by atoms with Crippen molar-refractivity contribution < 1.29 is 37.0 Å². The van der Waals surface area contributed by atoms with Crippen molar-refractivity contribution in [2.45, 2.75) is 151 Å². The van der Waals surface area contributed by atoms with Crippen molar-refractivity contribution in [3.8, 4) is 0 Å². The minimum absolute atomic E-state index is 0. The summed E-state index contributed by atoms with van der Waals surface area (Å²) in [4.78, 5) is 0. The molecule has 8 nitrogen and oxygen atoms in total. The first kappa shape index (κ1) is 32.2. The Balaban J connectivity index is 0.00000300. The molecule has 8 N–H and O–H groups in total. The molecule has 9 aliphatic rings. The fourth-order valence-corrected chi connectivity index (χ4v) is 11.9. The maximum absolute atomic E-state index is 15.8. The number of hydrogen-bond acceptors (Lipinski definition) is 8. The van der Waals surface area contributed by atoms with Crippen molar-refractivity contribution in [3.63, 3.8) is 0 Å². The average molecular weight is 690 g/mol. The van der Waals surface area contributed by atoms with Gasteiger partial charge in [-0.3, -0.25) is 42.5 Å². The van der Waals surface area contributed by atoms with Crippen molar-refractivity contribution >= 4 is 0 Å². The van der Waals surface area contributed by atoms with Crippen LogP contribution < -0.4 is 42.5 Å². The second-order valence-corrected chi connectivity index (χ2v) is 15.9. The van der Waals surface area contributed by atoms with Gasteiger partial charge in [-0.05, 0) is 74.0 Å². The molecule has 4 saturated carbocycles. The van der Waals surface area contributed by atoms with Crippen LogP contribution in [-0.4, -0.2) is 74.0 Å². The third kappa shape index (κ3) is 5.31. The molecule has 250 valence electrons. The number of hydrogen-bond donors (Lipinski definition) is 8. The van der Waals surface area contributed by atoms with Gasteiger partial charge in [0.2, 0.25) is 0 Å². The van der Waals surface area contributed by atoms with Crippen LogP contribution in [-0.2, 0) is 19.5 Å². The van der Waals surface area contributed by atoms with Gasteiger partial charge in [0, 0.05) is 31.3 Å². The van der Waals surface area contributed by atoms with Crippen LogP contribution >= 0.6 is 0 Å². The fraction of sp³-hybridized carbons (Fsp3) is 1.00. The number of alkyl halides is 4. The molecule has 13 heteroatoms. The molecule has 0 aromatic rings. The van der Waals surface area contributed by atoms with Crippen LogP contribution in [0.3, 0.4) is 0 Å². The van der Waals surface area contributed by atoms with E-state index in [9.17, 15) is 8.78 Å². The Kier molecular flexibility index (Phi) is 9.12. The molecule has 0 spiro atoms. The van der Waals surface area contributed by atoms with Crippen LogP contribution in [0.1, 0.15) is 77.0 Å². The Morgan fingerprint density at radius 3 is 0.733 bits per heavy atom. The van der Waals surface area contributed by atoms with E-state index in [2.05, 4.69) is 42.5 Å². The number of nitrogens with one attached hydrogen (secondary N) is 8. The molecular weight excluding hydrogens is 638 g/mol. The Bertz CT molecular complexity index is 989. The zero-order chi connectivity index (χ0) is 29.7. The van der Waals surface area contributed by atoms with Crippen molar-refractivity contribution in [1.82, 2.24) is 42.5 Å². The third-order valence-electron chi connectivity index (χ3n) is 13.9. The SMILES string of the molecule is FC1C(F)C(F)C2C3NC4NC(NC5NC(NC6NC(NC(N3)C2C1F)C1CCCCC61)C1CCCCC51)C1CCCCC41.[Zn]. The maximum Gasteiger partial charge on any atom is 0.165 e. The number of rotatable bonds is 0. The topological polar surface area (TPSA) is 96.2 Å². The van der Waals surface area contributed by atoms with Gasteiger partial charge in [-0.2, -0.15) is 0 Å². The van der Waals surface area contributed by atoms with Gasteiger partial charge in [-0.1, -0.05) is 38.5 Å². The van der Waals surface area contributed by atoms with Crippen molar-refractivity contribution in [2.24, 2.45) is 47.3 Å². The van der Waals surface area contributed by atoms with Crippen molar-refractivity contribution in [2.75, 3.05) is 0 Å². The van der Waals surface area contributed by atoms with E-state index < -0.39 is 48.9 Å². The summed E-state index contributed by atoms with van der Waals surface area (Å²) in [5.41, 5.74) is 0. The summed E-state index contributed by atoms with van der Waals surface area (Å²) in [6.45, 7) is 0. The Labute approximate surface area is 277 Å². The molecule has 0 amide bonds. The normalized spacial score (nSPS) is 58.9. The minimum Gasteiger partial charge on any atom is -0.286 e. The maximum atomic E-state index is 15.8. The molecule has 20 unspecified atom stereocenters. The smallest absolute Gasteiger partial charge is 0.165 e. The van der Waals surface area contributed by atoms with Crippen molar-refractivity contribution in [1.29, 1.82) is 0 Å². The van der Waals surface area contributed by atoms with E-state index in [0.717, 1.165) is 38.5 Å². The van der Waals surface area contributed by atoms with Crippen molar-refractivity contribution in [3.05, 3.63) is 0 Å². The number of halogens is 4. The zero-order valence-corrected chi connectivity index (χ0v) is 29.2. The van der Waals surface area contributed by atoms with Gasteiger partial charge in [-0.25, -0.2) is 17.6 Å². The van der Waals surface area contributed by atoms with Crippen LogP contribution in [0.4, 0.5) is 17.6 Å². The van der Waals surface area contributed by atoms with Crippen LogP contribution in [0.5, 0.6) is 0 Å². The monoisotopic (exact) mass is 688 g/mol. The Hall–Kier alpha value is 0.0234. The van der Waals surface area contributed by atoms with Gasteiger partial charge < -0.3 is 0 Å². The minimum atomic E-state index is -2.45. The van der Waals surface area contributed by atoms with Gasteiger partial charge in [-0.15, -0.1) is 0 Å².